The normalized spacial score (nSPS) is 10.6. The van der Waals surface area contributed by atoms with Crippen molar-refractivity contribution >= 4 is 81.8 Å². The van der Waals surface area contributed by atoms with Crippen LogP contribution in [0.4, 0.5) is 0 Å². The third-order valence-electron chi connectivity index (χ3n) is 9.97. The van der Waals surface area contributed by atoms with Gasteiger partial charge in [-0.1, -0.05) is 129 Å². The summed E-state index contributed by atoms with van der Waals surface area (Å²) in [5.74, 6) is -0.757. The van der Waals surface area contributed by atoms with Crippen LogP contribution < -0.4 is 5.73 Å². The van der Waals surface area contributed by atoms with Gasteiger partial charge in [-0.15, -0.1) is 0 Å². The van der Waals surface area contributed by atoms with Crippen LogP contribution in [0.3, 0.4) is 0 Å². The fourth-order valence-corrected chi connectivity index (χ4v) is 8.17. The summed E-state index contributed by atoms with van der Waals surface area (Å²) >= 11 is 10.6. The summed E-state index contributed by atoms with van der Waals surface area (Å²) in [7, 11) is 2.74. The van der Waals surface area contributed by atoms with Crippen molar-refractivity contribution in [1.29, 1.82) is 0 Å². The molecule has 6 aromatic carbocycles. The zero-order valence-electron chi connectivity index (χ0n) is 34.9. The topological polar surface area (TPSA) is 130 Å². The van der Waals surface area contributed by atoms with Gasteiger partial charge in [0.1, 0.15) is 10.3 Å². The lowest BCUT2D eigenvalue weighted by molar-refractivity contribution is 0.0592. The molecule has 320 valence electrons. The minimum absolute atomic E-state index is 0.370. The van der Waals surface area contributed by atoms with Crippen molar-refractivity contribution in [3.8, 4) is 22.5 Å². The highest BCUT2D eigenvalue weighted by atomic mass is 79.9. The molecule has 0 saturated carbocycles. The first-order valence-electron chi connectivity index (χ1n) is 20.4. The number of carbonyl (C=O) groups excluding carboxylic acids is 2. The molecule has 0 aliphatic rings. The van der Waals surface area contributed by atoms with E-state index in [-0.39, 0.29) is 11.9 Å². The van der Waals surface area contributed by atoms with Gasteiger partial charge < -0.3 is 15.2 Å². The molecule has 0 radical (unpaired) electrons. The predicted octanol–water partition coefficient (Wildman–Crippen LogP) is 12.6. The zero-order valence-corrected chi connectivity index (χ0v) is 39.7. The number of ether oxygens (including phenoxy) is 2. The summed E-state index contributed by atoms with van der Waals surface area (Å²) in [6.45, 7) is 0.765. The number of carbonyl (C=O) groups is 2. The lowest BCUT2D eigenvalue weighted by Crippen LogP contribution is -2.04. The number of aromatic nitrogens is 4. The van der Waals surface area contributed by atoms with Crippen LogP contribution in [0.2, 0.25) is 0 Å². The van der Waals surface area contributed by atoms with E-state index in [0.717, 1.165) is 88.8 Å². The van der Waals surface area contributed by atoms with Gasteiger partial charge in [-0.05, 0) is 121 Å². The highest BCUT2D eigenvalue weighted by Crippen LogP contribution is 2.29. The largest absolute Gasteiger partial charge is 0.465 e. The van der Waals surface area contributed by atoms with E-state index >= 15 is 0 Å². The van der Waals surface area contributed by atoms with Gasteiger partial charge in [0.25, 0.3) is 0 Å². The number of unbranched alkanes of at least 4 members (excludes halogenated alkanes) is 1. The molecule has 8 rings (SSSR count). The van der Waals surface area contributed by atoms with E-state index in [4.69, 9.17) is 25.2 Å². The first-order chi connectivity index (χ1) is 30.7. The predicted molar refractivity (Wildman–Crippen MR) is 263 cm³/mol. The lowest BCUT2D eigenvalue weighted by atomic mass is 10.0. The summed E-state index contributed by atoms with van der Waals surface area (Å²) in [4.78, 5) is 42.4. The summed E-state index contributed by atoms with van der Waals surface area (Å²) in [5.41, 5.74) is 16.5. The Morgan fingerprint density at radius 3 is 1.44 bits per heavy atom. The Morgan fingerprint density at radius 1 is 0.492 bits per heavy atom. The molecule has 2 N–H and O–H groups in total. The van der Waals surface area contributed by atoms with Crippen LogP contribution in [0.1, 0.15) is 56.8 Å². The Morgan fingerprint density at radius 2 is 0.937 bits per heavy atom. The Kier molecular flexibility index (Phi) is 17.6. The Balaban J connectivity index is 0.000000177. The molecule has 2 heterocycles. The SMILES string of the molecule is COC(=O)c1ccc2nc(-c3ccccc3)c(Br)nc2c1.COC(=O)c1ccc2nc(-c3ccccc3)c(CCCCc3ccccc3Br)nc2c1.NCCCc1ccccc1Br. The molecular weight excluding hydrogens is 986 g/mol. The molecule has 0 atom stereocenters. The molecule has 0 amide bonds. The maximum Gasteiger partial charge on any atom is 0.337 e. The van der Waals surface area contributed by atoms with Crippen LogP contribution in [0.25, 0.3) is 44.6 Å². The molecule has 0 unspecified atom stereocenters. The monoisotopic (exact) mass is 1030 g/mol. The molecule has 63 heavy (non-hydrogen) atoms. The number of esters is 2. The van der Waals surface area contributed by atoms with Crippen LogP contribution in [0.5, 0.6) is 0 Å². The number of methoxy groups -OCH3 is 2. The number of nitrogens with zero attached hydrogens (tertiary/aromatic N) is 4. The first-order valence-corrected chi connectivity index (χ1v) is 22.8. The summed E-state index contributed by atoms with van der Waals surface area (Å²) in [6.07, 6.45) is 6.01. The second-order valence-electron chi connectivity index (χ2n) is 14.3. The van der Waals surface area contributed by atoms with E-state index in [1.165, 1.54) is 29.8 Å². The lowest BCUT2D eigenvalue weighted by Gasteiger charge is -2.11. The van der Waals surface area contributed by atoms with Crippen molar-refractivity contribution < 1.29 is 19.1 Å². The van der Waals surface area contributed by atoms with Crippen molar-refractivity contribution in [3.05, 3.63) is 187 Å². The van der Waals surface area contributed by atoms with Crippen molar-refractivity contribution in [2.24, 2.45) is 5.73 Å². The van der Waals surface area contributed by atoms with Crippen LogP contribution in [-0.4, -0.2) is 52.6 Å². The number of rotatable bonds is 12. The number of fused-ring (bicyclic) bond motifs is 2. The summed E-state index contributed by atoms with van der Waals surface area (Å²) in [5, 5.41) is 0. The summed E-state index contributed by atoms with van der Waals surface area (Å²) < 4.78 is 12.5. The van der Waals surface area contributed by atoms with E-state index in [0.29, 0.717) is 26.8 Å². The fraction of sp³-hybridized carbons (Fsp3) is 0.176. The molecule has 8 aromatic rings. The Hall–Kier alpha value is -5.66. The first kappa shape index (κ1) is 46.8. The third-order valence-corrected chi connectivity index (χ3v) is 12.1. The maximum absolute atomic E-state index is 11.9. The minimum atomic E-state index is -0.387. The average Bonchev–Trinajstić information content (AvgIpc) is 3.32. The van der Waals surface area contributed by atoms with Crippen molar-refractivity contribution in [2.75, 3.05) is 20.8 Å². The molecule has 0 saturated heterocycles. The molecule has 9 nitrogen and oxygen atoms in total. The number of halogens is 3. The van der Waals surface area contributed by atoms with Crippen LogP contribution in [-0.2, 0) is 28.7 Å². The molecule has 0 fully saturated rings. The highest BCUT2D eigenvalue weighted by Gasteiger charge is 2.15. The molecule has 0 bridgehead atoms. The minimum Gasteiger partial charge on any atom is -0.465 e. The number of hydrogen-bond donors (Lipinski definition) is 1. The van der Waals surface area contributed by atoms with Gasteiger partial charge in [-0.25, -0.2) is 29.5 Å². The van der Waals surface area contributed by atoms with Gasteiger partial charge in [0.2, 0.25) is 0 Å². The average molecular weight is 1030 g/mol. The standard InChI is InChI=1S/C26H23BrN2O2.C16H11BrN2O2.C9H12BrN/c1-31-26(30)20-15-16-22-24(17-20)28-23(25(29-22)19-11-3-2-4-12-19)14-8-6-10-18-9-5-7-13-21(18)27;1-21-16(20)11-7-8-12-13(9-11)19-15(17)14(18-12)10-5-3-2-4-6-10;10-9-6-2-1-4-8(9)5-3-7-11/h2-5,7,9,11-13,15-17H,6,8,10,14H2,1H3;2-9H,1H3;1-2,4,6H,3,5,7,11H2. The number of benzene rings is 6. The number of hydrogen-bond acceptors (Lipinski definition) is 9. The molecular formula is C51H46Br3N5O4. The second-order valence-corrected chi connectivity index (χ2v) is 16.7. The maximum atomic E-state index is 11.9. The summed E-state index contributed by atoms with van der Waals surface area (Å²) in [6, 6.07) is 47.0. The Labute approximate surface area is 392 Å². The van der Waals surface area contributed by atoms with E-state index in [1.807, 2.05) is 66.7 Å². The molecule has 0 aliphatic carbocycles. The number of nitrogens with two attached hydrogens (primary N) is 1. The van der Waals surface area contributed by atoms with Gasteiger partial charge in [0.05, 0.1) is 58.8 Å². The zero-order chi connectivity index (χ0) is 44.6. The van der Waals surface area contributed by atoms with Crippen molar-refractivity contribution in [1.82, 2.24) is 19.9 Å². The van der Waals surface area contributed by atoms with Gasteiger partial charge in [0.15, 0.2) is 0 Å². The third kappa shape index (κ3) is 13.0. The fourth-order valence-electron chi connectivity index (χ4n) is 6.70. The molecule has 2 aromatic heterocycles. The highest BCUT2D eigenvalue weighted by molar-refractivity contribution is 9.11. The van der Waals surface area contributed by atoms with Gasteiger partial charge >= 0.3 is 11.9 Å². The quantitative estimate of drug-likeness (QED) is 0.0939. The van der Waals surface area contributed by atoms with Crippen LogP contribution >= 0.6 is 47.8 Å². The second kappa shape index (κ2) is 23.7. The van der Waals surface area contributed by atoms with Gasteiger partial charge in [-0.3, -0.25) is 0 Å². The van der Waals surface area contributed by atoms with Gasteiger partial charge in [-0.2, -0.15) is 0 Å². The molecule has 0 spiro atoms. The van der Waals surface area contributed by atoms with E-state index in [2.05, 4.69) is 106 Å². The molecule has 0 aliphatic heterocycles. The smallest absolute Gasteiger partial charge is 0.337 e. The van der Waals surface area contributed by atoms with Crippen LogP contribution in [0, 0.1) is 0 Å². The van der Waals surface area contributed by atoms with E-state index in [9.17, 15) is 9.59 Å². The van der Waals surface area contributed by atoms with Gasteiger partial charge in [0, 0.05) is 20.1 Å². The van der Waals surface area contributed by atoms with Crippen molar-refractivity contribution in [2.45, 2.75) is 38.5 Å². The van der Waals surface area contributed by atoms with Crippen LogP contribution in [0.15, 0.2) is 159 Å². The van der Waals surface area contributed by atoms with E-state index < -0.39 is 0 Å². The molecule has 12 heteroatoms. The number of aryl methyl sites for hydroxylation is 3. The van der Waals surface area contributed by atoms with E-state index in [1.54, 1.807) is 30.3 Å². The Bertz CT molecular complexity index is 2790. The van der Waals surface area contributed by atoms with Crippen molar-refractivity contribution in [3.63, 3.8) is 0 Å².